The van der Waals surface area contributed by atoms with Crippen molar-refractivity contribution in [1.29, 1.82) is 0 Å². The minimum atomic E-state index is 0.122. The van der Waals surface area contributed by atoms with Crippen LogP contribution in [-0.4, -0.2) is 48.5 Å². The van der Waals surface area contributed by atoms with E-state index in [9.17, 15) is 4.79 Å². The van der Waals surface area contributed by atoms with Gasteiger partial charge in [-0.25, -0.2) is 0 Å². The molecule has 132 valence electrons. The van der Waals surface area contributed by atoms with E-state index in [1.807, 2.05) is 19.2 Å². The van der Waals surface area contributed by atoms with Crippen LogP contribution in [0.2, 0.25) is 5.02 Å². The molecular formula is C19H27ClN2O2. The predicted octanol–water partition coefficient (Wildman–Crippen LogP) is 3.57. The first-order valence-electron chi connectivity index (χ1n) is 8.91. The molecule has 1 aliphatic carbocycles. The summed E-state index contributed by atoms with van der Waals surface area (Å²) in [7, 11) is 1.86. The topological polar surface area (TPSA) is 32.8 Å². The molecule has 0 aromatic heterocycles. The zero-order chi connectivity index (χ0) is 17.1. The van der Waals surface area contributed by atoms with Crippen LogP contribution in [0.3, 0.4) is 0 Å². The van der Waals surface area contributed by atoms with Crippen molar-refractivity contribution in [3.8, 4) is 5.75 Å². The molecule has 24 heavy (non-hydrogen) atoms. The van der Waals surface area contributed by atoms with Crippen LogP contribution >= 0.6 is 11.6 Å². The standard InChI is InChI=1S/C19H27ClN2O2/c1-14(23)21(2)12-15-10-17(11-15)24-18-7-5-6-16(19(18)20)13-22-8-3-4-9-22/h5-7,15,17H,3-4,8-13H2,1-2H3. The first kappa shape index (κ1) is 17.6. The van der Waals surface area contributed by atoms with Crippen LogP contribution in [-0.2, 0) is 11.3 Å². The Labute approximate surface area is 149 Å². The van der Waals surface area contributed by atoms with Crippen LogP contribution in [0, 0.1) is 5.92 Å². The predicted molar refractivity (Wildman–Crippen MR) is 96.4 cm³/mol. The quantitative estimate of drug-likeness (QED) is 0.786. The highest BCUT2D eigenvalue weighted by molar-refractivity contribution is 6.32. The van der Waals surface area contributed by atoms with Crippen molar-refractivity contribution < 1.29 is 9.53 Å². The number of amides is 1. The average Bonchev–Trinajstić information content (AvgIpc) is 3.01. The number of carbonyl (C=O) groups excluding carboxylic acids is 1. The molecule has 1 saturated heterocycles. The Balaban J connectivity index is 1.52. The number of likely N-dealkylation sites (tertiary alicyclic amines) is 1. The fraction of sp³-hybridized carbons (Fsp3) is 0.632. The van der Waals surface area contributed by atoms with Gasteiger partial charge in [0.2, 0.25) is 5.91 Å². The molecule has 1 aliphatic heterocycles. The molecule has 4 nitrogen and oxygen atoms in total. The summed E-state index contributed by atoms with van der Waals surface area (Å²) in [5, 5.41) is 0.758. The molecule has 1 saturated carbocycles. The Morgan fingerprint density at radius 1 is 1.33 bits per heavy atom. The highest BCUT2D eigenvalue weighted by Crippen LogP contribution is 2.36. The van der Waals surface area contributed by atoms with Crippen LogP contribution in [0.4, 0.5) is 0 Å². The molecule has 0 N–H and O–H groups in total. The van der Waals surface area contributed by atoms with Gasteiger partial charge in [0.25, 0.3) is 0 Å². The number of nitrogens with zero attached hydrogens (tertiary/aromatic N) is 2. The lowest BCUT2D eigenvalue weighted by atomic mass is 9.82. The van der Waals surface area contributed by atoms with Crippen LogP contribution in [0.5, 0.6) is 5.75 Å². The number of halogens is 1. The normalized spacial score (nSPS) is 23.8. The lowest BCUT2D eigenvalue weighted by molar-refractivity contribution is -0.129. The van der Waals surface area contributed by atoms with Gasteiger partial charge in [0, 0.05) is 27.1 Å². The van der Waals surface area contributed by atoms with E-state index in [1.165, 1.54) is 12.8 Å². The monoisotopic (exact) mass is 350 g/mol. The summed E-state index contributed by atoms with van der Waals surface area (Å²) in [6, 6.07) is 6.09. The highest BCUT2D eigenvalue weighted by atomic mass is 35.5. The molecule has 1 heterocycles. The van der Waals surface area contributed by atoms with Crippen molar-refractivity contribution in [1.82, 2.24) is 9.80 Å². The molecule has 5 heteroatoms. The molecule has 2 fully saturated rings. The van der Waals surface area contributed by atoms with E-state index >= 15 is 0 Å². The molecule has 0 bridgehead atoms. The van der Waals surface area contributed by atoms with Gasteiger partial charge in [0.1, 0.15) is 5.75 Å². The molecule has 2 aliphatic rings. The van der Waals surface area contributed by atoms with Gasteiger partial charge in [0.15, 0.2) is 0 Å². The fourth-order valence-corrected chi connectivity index (χ4v) is 3.80. The highest BCUT2D eigenvalue weighted by Gasteiger charge is 2.32. The summed E-state index contributed by atoms with van der Waals surface area (Å²) in [6.45, 7) is 5.66. The van der Waals surface area contributed by atoms with Crippen molar-refractivity contribution in [2.45, 2.75) is 45.3 Å². The zero-order valence-electron chi connectivity index (χ0n) is 14.6. The van der Waals surface area contributed by atoms with Gasteiger partial charge in [-0.2, -0.15) is 0 Å². The number of hydrogen-bond donors (Lipinski definition) is 0. The molecule has 0 unspecified atom stereocenters. The van der Waals surface area contributed by atoms with Crippen LogP contribution < -0.4 is 4.74 Å². The number of ether oxygens (including phenoxy) is 1. The third-order valence-electron chi connectivity index (χ3n) is 5.19. The second-order valence-corrected chi connectivity index (χ2v) is 7.57. The molecule has 0 atom stereocenters. The van der Waals surface area contributed by atoms with E-state index in [0.717, 1.165) is 55.4 Å². The smallest absolute Gasteiger partial charge is 0.219 e. The Morgan fingerprint density at radius 2 is 2.04 bits per heavy atom. The Kier molecular flexibility index (Phi) is 5.67. The average molecular weight is 351 g/mol. The van der Waals surface area contributed by atoms with E-state index in [1.54, 1.807) is 11.8 Å². The van der Waals surface area contributed by atoms with Crippen LogP contribution in [0.1, 0.15) is 38.2 Å². The van der Waals surface area contributed by atoms with Gasteiger partial charge in [-0.15, -0.1) is 0 Å². The van der Waals surface area contributed by atoms with Crippen LogP contribution in [0.25, 0.3) is 0 Å². The lowest BCUT2D eigenvalue weighted by Gasteiger charge is -2.37. The lowest BCUT2D eigenvalue weighted by Crippen LogP contribution is -2.41. The van der Waals surface area contributed by atoms with Crippen molar-refractivity contribution >= 4 is 17.5 Å². The summed E-state index contributed by atoms with van der Waals surface area (Å²) in [5.74, 6) is 1.46. The van der Waals surface area contributed by atoms with Gasteiger partial charge in [-0.05, 0) is 56.3 Å². The Bertz CT molecular complexity index is 581. The van der Waals surface area contributed by atoms with E-state index in [-0.39, 0.29) is 12.0 Å². The molecule has 1 aromatic carbocycles. The van der Waals surface area contributed by atoms with E-state index in [0.29, 0.717) is 5.92 Å². The first-order valence-corrected chi connectivity index (χ1v) is 9.29. The van der Waals surface area contributed by atoms with Gasteiger partial charge in [0.05, 0.1) is 11.1 Å². The van der Waals surface area contributed by atoms with Gasteiger partial charge in [-0.1, -0.05) is 23.7 Å². The fourth-order valence-electron chi connectivity index (χ4n) is 3.57. The number of hydrogen-bond acceptors (Lipinski definition) is 3. The SMILES string of the molecule is CC(=O)N(C)CC1CC(Oc2cccc(CN3CCCC3)c2Cl)C1. The molecule has 0 spiro atoms. The summed E-state index contributed by atoms with van der Waals surface area (Å²) >= 11 is 6.57. The third-order valence-corrected chi connectivity index (χ3v) is 5.62. The zero-order valence-corrected chi connectivity index (χ0v) is 15.4. The number of rotatable bonds is 6. The number of benzene rings is 1. The maximum absolute atomic E-state index is 11.3. The van der Waals surface area contributed by atoms with Crippen molar-refractivity contribution in [3.63, 3.8) is 0 Å². The van der Waals surface area contributed by atoms with Crippen molar-refractivity contribution in [2.75, 3.05) is 26.7 Å². The largest absolute Gasteiger partial charge is 0.489 e. The van der Waals surface area contributed by atoms with E-state index < -0.39 is 0 Å². The molecular weight excluding hydrogens is 324 g/mol. The van der Waals surface area contributed by atoms with Crippen molar-refractivity contribution in [3.05, 3.63) is 28.8 Å². The van der Waals surface area contributed by atoms with Crippen molar-refractivity contribution in [2.24, 2.45) is 5.92 Å². The molecule has 3 rings (SSSR count). The Hall–Kier alpha value is -1.26. The summed E-state index contributed by atoms with van der Waals surface area (Å²) in [6.07, 6.45) is 4.77. The second-order valence-electron chi connectivity index (χ2n) is 7.19. The minimum absolute atomic E-state index is 0.122. The van der Waals surface area contributed by atoms with Gasteiger partial charge >= 0.3 is 0 Å². The maximum Gasteiger partial charge on any atom is 0.219 e. The first-order chi connectivity index (χ1) is 11.5. The van der Waals surface area contributed by atoms with E-state index in [4.69, 9.17) is 16.3 Å². The third kappa shape index (κ3) is 4.22. The summed E-state index contributed by atoms with van der Waals surface area (Å²) < 4.78 is 6.10. The van der Waals surface area contributed by atoms with Gasteiger partial charge in [-0.3, -0.25) is 9.69 Å². The molecule has 0 radical (unpaired) electrons. The second kappa shape index (κ2) is 7.75. The Morgan fingerprint density at radius 3 is 2.71 bits per heavy atom. The summed E-state index contributed by atoms with van der Waals surface area (Å²) in [4.78, 5) is 15.5. The minimum Gasteiger partial charge on any atom is -0.489 e. The maximum atomic E-state index is 11.3. The van der Waals surface area contributed by atoms with Gasteiger partial charge < -0.3 is 9.64 Å². The summed E-state index contributed by atoms with van der Waals surface area (Å²) in [5.41, 5.74) is 1.16. The van der Waals surface area contributed by atoms with Crippen LogP contribution in [0.15, 0.2) is 18.2 Å². The van der Waals surface area contributed by atoms with E-state index in [2.05, 4.69) is 11.0 Å². The number of carbonyl (C=O) groups is 1. The molecule has 1 amide bonds. The molecule has 1 aromatic rings.